The quantitative estimate of drug-likeness (QED) is 0.807. The van der Waals surface area contributed by atoms with Gasteiger partial charge in [-0.05, 0) is 6.42 Å². The fraction of sp³-hybridized carbons (Fsp3) is 0.615. The van der Waals surface area contributed by atoms with Crippen LogP contribution in [-0.2, 0) is 0 Å². The van der Waals surface area contributed by atoms with Crippen LogP contribution in [0.15, 0.2) is 0 Å². The molecule has 1 aromatic rings. The van der Waals surface area contributed by atoms with E-state index in [-0.39, 0.29) is 11.7 Å². The van der Waals surface area contributed by atoms with Crippen LogP contribution in [0.4, 0.5) is 10.7 Å². The van der Waals surface area contributed by atoms with Gasteiger partial charge in [0, 0.05) is 19.5 Å². The van der Waals surface area contributed by atoms with E-state index in [0.717, 1.165) is 18.0 Å². The number of anilines is 2. The van der Waals surface area contributed by atoms with Crippen molar-refractivity contribution in [3.63, 3.8) is 0 Å². The molecule has 0 unspecified atom stereocenters. The number of thiophene rings is 1. The third kappa shape index (κ3) is 2.77. The summed E-state index contributed by atoms with van der Waals surface area (Å²) in [4.78, 5) is 14.8. The molecule has 0 saturated carbocycles. The number of nitrogen functional groups attached to an aromatic ring is 1. The van der Waals surface area contributed by atoms with Gasteiger partial charge in [-0.1, -0.05) is 20.8 Å². The Hall–Kier alpha value is -1.23. The Morgan fingerprint density at radius 2 is 2.11 bits per heavy atom. The van der Waals surface area contributed by atoms with Crippen LogP contribution in [0.3, 0.4) is 0 Å². The highest BCUT2D eigenvalue weighted by Crippen LogP contribution is 2.45. The van der Waals surface area contributed by atoms with Crippen LogP contribution in [0.1, 0.15) is 36.9 Å². The number of ketones is 1. The molecule has 0 fully saturated rings. The molecule has 0 amide bonds. The summed E-state index contributed by atoms with van der Waals surface area (Å²) in [7, 11) is 3.58. The first-order valence-electron chi connectivity index (χ1n) is 6.15. The number of ether oxygens (including phenoxy) is 1. The van der Waals surface area contributed by atoms with Crippen molar-refractivity contribution in [2.45, 2.75) is 27.2 Å². The van der Waals surface area contributed by atoms with Crippen LogP contribution in [0.5, 0.6) is 5.75 Å². The van der Waals surface area contributed by atoms with Gasteiger partial charge in [0.15, 0.2) is 11.5 Å². The molecule has 0 aromatic carbocycles. The summed E-state index contributed by atoms with van der Waals surface area (Å²) in [5.41, 5.74) is 6.50. The van der Waals surface area contributed by atoms with Crippen LogP contribution in [0.25, 0.3) is 0 Å². The molecule has 1 heterocycles. The van der Waals surface area contributed by atoms with Gasteiger partial charge in [0.1, 0.15) is 5.00 Å². The van der Waals surface area contributed by atoms with Gasteiger partial charge in [-0.15, -0.1) is 11.3 Å². The van der Waals surface area contributed by atoms with Gasteiger partial charge in [-0.2, -0.15) is 0 Å². The van der Waals surface area contributed by atoms with E-state index >= 15 is 0 Å². The molecule has 0 atom stereocenters. The third-order valence-electron chi connectivity index (χ3n) is 2.74. The van der Waals surface area contributed by atoms with Crippen LogP contribution in [0, 0.1) is 5.92 Å². The number of carbonyl (C=O) groups is 1. The van der Waals surface area contributed by atoms with Gasteiger partial charge in [-0.3, -0.25) is 4.79 Å². The lowest BCUT2D eigenvalue weighted by Gasteiger charge is -2.17. The van der Waals surface area contributed by atoms with Crippen LogP contribution in [0.2, 0.25) is 0 Å². The molecule has 0 bridgehead atoms. The summed E-state index contributed by atoms with van der Waals surface area (Å²) >= 11 is 1.42. The molecule has 1 aromatic heterocycles. The molecule has 0 aliphatic carbocycles. The van der Waals surface area contributed by atoms with E-state index in [1.165, 1.54) is 11.3 Å². The van der Waals surface area contributed by atoms with Gasteiger partial charge in [0.2, 0.25) is 0 Å². The number of hydrogen-bond donors (Lipinski definition) is 1. The molecule has 0 aliphatic rings. The number of nitrogens with zero attached hydrogens (tertiary/aromatic N) is 1. The molecule has 2 N–H and O–H groups in total. The van der Waals surface area contributed by atoms with Crippen LogP contribution in [-0.4, -0.2) is 26.5 Å². The maximum absolute atomic E-state index is 12.1. The van der Waals surface area contributed by atoms with E-state index < -0.39 is 0 Å². The van der Waals surface area contributed by atoms with Crippen molar-refractivity contribution in [1.82, 2.24) is 0 Å². The topological polar surface area (TPSA) is 55.6 Å². The summed E-state index contributed by atoms with van der Waals surface area (Å²) in [5, 5.41) is 0.931. The number of hydrogen-bond acceptors (Lipinski definition) is 5. The molecule has 102 valence electrons. The normalized spacial score (nSPS) is 10.8. The van der Waals surface area contributed by atoms with E-state index in [1.54, 1.807) is 7.11 Å². The van der Waals surface area contributed by atoms with Crippen LogP contribution >= 0.6 is 11.3 Å². The monoisotopic (exact) mass is 270 g/mol. The van der Waals surface area contributed by atoms with Gasteiger partial charge in [-0.25, -0.2) is 0 Å². The maximum Gasteiger partial charge on any atom is 0.177 e. The van der Waals surface area contributed by atoms with E-state index in [0.29, 0.717) is 16.3 Å². The SMILES string of the molecule is CCCN(C)c1sc(C(=O)C(C)C)c(N)c1OC. The van der Waals surface area contributed by atoms with Gasteiger partial charge in [0.05, 0.1) is 17.7 Å². The second kappa shape index (κ2) is 6.09. The van der Waals surface area contributed by atoms with Gasteiger partial charge >= 0.3 is 0 Å². The van der Waals surface area contributed by atoms with E-state index in [2.05, 4.69) is 11.8 Å². The Labute approximate surface area is 113 Å². The number of carbonyl (C=O) groups excluding carboxylic acids is 1. The molecule has 0 spiro atoms. The first kappa shape index (κ1) is 14.8. The minimum Gasteiger partial charge on any atom is -0.492 e. The Morgan fingerprint density at radius 1 is 1.50 bits per heavy atom. The Balaban J connectivity index is 3.20. The summed E-state index contributed by atoms with van der Waals surface area (Å²) in [6, 6.07) is 0. The Bertz CT molecular complexity index is 427. The number of rotatable bonds is 6. The molecular formula is C13H22N2O2S. The lowest BCUT2D eigenvalue weighted by Crippen LogP contribution is -2.17. The predicted octanol–water partition coefficient (Wildman–Crippen LogP) is 3.02. The van der Waals surface area contributed by atoms with Crippen molar-refractivity contribution in [1.29, 1.82) is 0 Å². The van der Waals surface area contributed by atoms with Crippen molar-refractivity contribution in [2.75, 3.05) is 31.3 Å². The number of Topliss-reactive ketones (excluding diaryl/α,β-unsaturated/α-hetero) is 1. The number of nitrogens with two attached hydrogens (primary N) is 1. The van der Waals surface area contributed by atoms with Crippen LogP contribution < -0.4 is 15.4 Å². The first-order chi connectivity index (χ1) is 8.43. The summed E-state index contributed by atoms with van der Waals surface area (Å²) in [6.45, 7) is 6.78. The van der Waals surface area contributed by atoms with Crippen molar-refractivity contribution < 1.29 is 9.53 Å². The standard InChI is InChI=1S/C13H22N2O2S/c1-6-7-15(4)13-11(17-5)9(14)12(18-13)10(16)8(2)3/h8H,6-7,14H2,1-5H3. The van der Waals surface area contributed by atoms with Gasteiger partial charge in [0.25, 0.3) is 0 Å². The molecule has 5 heteroatoms. The van der Waals surface area contributed by atoms with Crippen molar-refractivity contribution >= 4 is 27.8 Å². The van der Waals surface area contributed by atoms with E-state index in [9.17, 15) is 4.79 Å². The average molecular weight is 270 g/mol. The second-order valence-corrected chi connectivity index (χ2v) is 5.62. The minimum atomic E-state index is -0.0556. The molecule has 1 rings (SSSR count). The lowest BCUT2D eigenvalue weighted by atomic mass is 10.1. The zero-order chi connectivity index (χ0) is 13.9. The fourth-order valence-corrected chi connectivity index (χ4v) is 3.01. The molecule has 18 heavy (non-hydrogen) atoms. The Kier molecular flexibility index (Phi) is 5.02. The first-order valence-corrected chi connectivity index (χ1v) is 6.97. The zero-order valence-corrected chi connectivity index (χ0v) is 12.6. The largest absolute Gasteiger partial charge is 0.492 e. The molecule has 0 saturated heterocycles. The summed E-state index contributed by atoms with van der Waals surface area (Å²) < 4.78 is 5.35. The third-order valence-corrected chi connectivity index (χ3v) is 4.06. The predicted molar refractivity (Wildman–Crippen MR) is 78.0 cm³/mol. The number of methoxy groups -OCH3 is 1. The van der Waals surface area contributed by atoms with E-state index in [4.69, 9.17) is 10.5 Å². The lowest BCUT2D eigenvalue weighted by molar-refractivity contribution is 0.0944. The van der Waals surface area contributed by atoms with Crippen molar-refractivity contribution in [3.05, 3.63) is 4.88 Å². The summed E-state index contributed by atoms with van der Waals surface area (Å²) in [6.07, 6.45) is 1.03. The van der Waals surface area contributed by atoms with Crippen molar-refractivity contribution in [3.8, 4) is 5.75 Å². The Morgan fingerprint density at radius 3 is 2.56 bits per heavy atom. The minimum absolute atomic E-state index is 0.0556. The fourth-order valence-electron chi connectivity index (χ4n) is 1.75. The average Bonchev–Trinajstić information content (AvgIpc) is 2.65. The molecule has 0 radical (unpaired) electrons. The maximum atomic E-state index is 12.1. The summed E-state index contributed by atoms with van der Waals surface area (Å²) in [5.74, 6) is 0.645. The molecule has 0 aliphatic heterocycles. The zero-order valence-electron chi connectivity index (χ0n) is 11.7. The molecular weight excluding hydrogens is 248 g/mol. The smallest absolute Gasteiger partial charge is 0.177 e. The van der Waals surface area contributed by atoms with Gasteiger partial charge < -0.3 is 15.4 Å². The highest BCUT2D eigenvalue weighted by atomic mass is 32.1. The van der Waals surface area contributed by atoms with Crippen molar-refractivity contribution in [2.24, 2.45) is 5.92 Å². The second-order valence-electron chi connectivity index (χ2n) is 4.62. The van der Waals surface area contributed by atoms with E-state index in [1.807, 2.05) is 20.9 Å². The highest BCUT2D eigenvalue weighted by Gasteiger charge is 2.24. The molecule has 4 nitrogen and oxygen atoms in total. The highest BCUT2D eigenvalue weighted by molar-refractivity contribution is 7.19.